The molecule has 0 aliphatic heterocycles. The Kier molecular flexibility index (Phi) is 4.21. The molecule has 0 spiro atoms. The third kappa shape index (κ3) is 4.32. The normalized spacial score (nSPS) is 12.2. The fourth-order valence-corrected chi connectivity index (χ4v) is 0.508. The molecule has 1 amide bonds. The maximum absolute atomic E-state index is 10.3. The summed E-state index contributed by atoms with van der Waals surface area (Å²) in [5.41, 5.74) is 0. The maximum Gasteiger partial charge on any atom is 0.334 e. The highest BCUT2D eigenvalue weighted by Gasteiger charge is 2.15. The zero-order valence-electron chi connectivity index (χ0n) is 6.46. The van der Waals surface area contributed by atoms with E-state index in [1.807, 2.05) is 0 Å². The summed E-state index contributed by atoms with van der Waals surface area (Å²) in [7, 11) is 1.28. The molecule has 0 aliphatic carbocycles. The van der Waals surface area contributed by atoms with Crippen molar-refractivity contribution in [2.75, 3.05) is 13.7 Å². The number of aliphatic carboxylic acids is 1. The van der Waals surface area contributed by atoms with E-state index in [-0.39, 0.29) is 12.5 Å². The first kappa shape index (κ1) is 9.90. The van der Waals surface area contributed by atoms with Crippen LogP contribution in [-0.4, -0.2) is 36.7 Å². The van der Waals surface area contributed by atoms with Gasteiger partial charge in [0.1, 0.15) is 0 Å². The van der Waals surface area contributed by atoms with Crippen LogP contribution in [0.4, 0.5) is 0 Å². The molecule has 0 radical (unpaired) electrons. The summed E-state index contributed by atoms with van der Waals surface area (Å²) in [4.78, 5) is 20.6. The van der Waals surface area contributed by atoms with Crippen molar-refractivity contribution in [3.8, 4) is 0 Å². The molecular weight excluding hydrogens is 150 g/mol. The van der Waals surface area contributed by atoms with Gasteiger partial charge in [-0.3, -0.25) is 4.79 Å². The summed E-state index contributed by atoms with van der Waals surface area (Å²) in [6, 6.07) is 0. The zero-order chi connectivity index (χ0) is 8.85. The first-order chi connectivity index (χ1) is 5.07. The number of hydrogen-bond acceptors (Lipinski definition) is 3. The lowest BCUT2D eigenvalue weighted by Gasteiger charge is -2.09. The van der Waals surface area contributed by atoms with Gasteiger partial charge in [-0.15, -0.1) is 0 Å². The molecule has 2 N–H and O–H groups in total. The van der Waals surface area contributed by atoms with Gasteiger partial charge in [0.15, 0.2) is 6.10 Å². The van der Waals surface area contributed by atoms with E-state index < -0.39 is 12.1 Å². The predicted octanol–water partition coefficient (Wildman–Crippen LogP) is -0.778. The highest BCUT2D eigenvalue weighted by atomic mass is 16.5. The van der Waals surface area contributed by atoms with E-state index in [0.717, 1.165) is 0 Å². The molecular formula is C6H11NO4. The minimum absolute atomic E-state index is 0.00116. The monoisotopic (exact) mass is 161 g/mol. The summed E-state index contributed by atoms with van der Waals surface area (Å²) < 4.78 is 4.55. The van der Waals surface area contributed by atoms with Crippen LogP contribution in [0.15, 0.2) is 0 Å². The van der Waals surface area contributed by atoms with Crippen molar-refractivity contribution in [1.29, 1.82) is 0 Å². The van der Waals surface area contributed by atoms with E-state index in [1.165, 1.54) is 14.0 Å². The first-order valence-corrected chi connectivity index (χ1v) is 3.08. The molecule has 0 rings (SSSR count). The van der Waals surface area contributed by atoms with E-state index in [4.69, 9.17) is 5.11 Å². The topological polar surface area (TPSA) is 75.6 Å². The average Bonchev–Trinajstić information content (AvgIpc) is 1.87. The molecule has 11 heavy (non-hydrogen) atoms. The predicted molar refractivity (Wildman–Crippen MR) is 37.1 cm³/mol. The van der Waals surface area contributed by atoms with E-state index >= 15 is 0 Å². The molecule has 0 fully saturated rings. The summed E-state index contributed by atoms with van der Waals surface area (Å²) >= 11 is 0. The maximum atomic E-state index is 10.3. The molecule has 0 bridgehead atoms. The van der Waals surface area contributed by atoms with Gasteiger partial charge >= 0.3 is 5.97 Å². The molecule has 0 saturated heterocycles. The Hall–Kier alpha value is -1.10. The highest BCUT2D eigenvalue weighted by Crippen LogP contribution is 1.86. The molecule has 1 atom stereocenters. The van der Waals surface area contributed by atoms with Gasteiger partial charge in [0.25, 0.3) is 0 Å². The quantitative estimate of drug-likeness (QED) is 0.567. The molecule has 0 aliphatic rings. The lowest BCUT2D eigenvalue weighted by molar-refractivity contribution is -0.148. The molecule has 1 unspecified atom stereocenters. The van der Waals surface area contributed by atoms with Gasteiger partial charge in [0.2, 0.25) is 5.91 Å². The van der Waals surface area contributed by atoms with Crippen molar-refractivity contribution >= 4 is 11.9 Å². The van der Waals surface area contributed by atoms with Crippen LogP contribution >= 0.6 is 0 Å². The summed E-state index contributed by atoms with van der Waals surface area (Å²) in [6.45, 7) is 1.32. The van der Waals surface area contributed by atoms with E-state index in [2.05, 4.69) is 10.1 Å². The van der Waals surface area contributed by atoms with Crippen LogP contribution in [0.3, 0.4) is 0 Å². The van der Waals surface area contributed by atoms with Gasteiger partial charge < -0.3 is 15.2 Å². The van der Waals surface area contributed by atoms with E-state index in [0.29, 0.717) is 0 Å². The lowest BCUT2D eigenvalue weighted by atomic mass is 10.3. The van der Waals surface area contributed by atoms with Gasteiger partial charge in [-0.25, -0.2) is 4.79 Å². The number of methoxy groups -OCH3 is 1. The molecule has 5 nitrogen and oxygen atoms in total. The van der Waals surface area contributed by atoms with Gasteiger partial charge in [-0.05, 0) is 0 Å². The molecule has 0 saturated carbocycles. The number of carbonyl (C=O) groups is 2. The van der Waals surface area contributed by atoms with Crippen molar-refractivity contribution < 1.29 is 19.4 Å². The third-order valence-electron chi connectivity index (χ3n) is 1.10. The first-order valence-electron chi connectivity index (χ1n) is 3.08. The SMILES string of the molecule is COC(CNC(C)=O)C(=O)O. The Morgan fingerprint density at radius 3 is 2.45 bits per heavy atom. The smallest absolute Gasteiger partial charge is 0.334 e. The second-order valence-corrected chi connectivity index (χ2v) is 2.00. The van der Waals surface area contributed by atoms with Gasteiger partial charge in [0, 0.05) is 14.0 Å². The second-order valence-electron chi connectivity index (χ2n) is 2.00. The third-order valence-corrected chi connectivity index (χ3v) is 1.10. The molecule has 0 heterocycles. The fraction of sp³-hybridized carbons (Fsp3) is 0.667. The highest BCUT2D eigenvalue weighted by molar-refractivity contribution is 5.76. The van der Waals surface area contributed by atoms with Crippen LogP contribution in [0.2, 0.25) is 0 Å². The van der Waals surface area contributed by atoms with Crippen LogP contribution in [0.25, 0.3) is 0 Å². The number of nitrogens with one attached hydrogen (secondary N) is 1. The van der Waals surface area contributed by atoms with Crippen LogP contribution in [0, 0.1) is 0 Å². The van der Waals surface area contributed by atoms with E-state index in [9.17, 15) is 9.59 Å². The van der Waals surface area contributed by atoms with E-state index in [1.54, 1.807) is 0 Å². The largest absolute Gasteiger partial charge is 0.479 e. The number of hydrogen-bond donors (Lipinski definition) is 2. The van der Waals surface area contributed by atoms with Crippen LogP contribution < -0.4 is 5.32 Å². The Balaban J connectivity index is 3.70. The Morgan fingerprint density at radius 2 is 2.18 bits per heavy atom. The van der Waals surface area contributed by atoms with Crippen LogP contribution in [-0.2, 0) is 14.3 Å². The molecule has 0 aromatic rings. The van der Waals surface area contributed by atoms with Crippen molar-refractivity contribution in [3.05, 3.63) is 0 Å². The molecule has 0 aromatic heterocycles. The Labute approximate surface area is 64.3 Å². The Morgan fingerprint density at radius 1 is 1.64 bits per heavy atom. The van der Waals surface area contributed by atoms with Crippen molar-refractivity contribution in [1.82, 2.24) is 5.32 Å². The summed E-state index contributed by atoms with van der Waals surface area (Å²) in [6.07, 6.45) is -0.959. The Bertz CT molecular complexity index is 157. The van der Waals surface area contributed by atoms with Gasteiger partial charge in [0.05, 0.1) is 6.54 Å². The van der Waals surface area contributed by atoms with Gasteiger partial charge in [-0.1, -0.05) is 0 Å². The van der Waals surface area contributed by atoms with Gasteiger partial charge in [-0.2, -0.15) is 0 Å². The number of ether oxygens (including phenoxy) is 1. The average molecular weight is 161 g/mol. The number of carboxylic acid groups (broad SMARTS) is 1. The van der Waals surface area contributed by atoms with Crippen molar-refractivity contribution in [3.63, 3.8) is 0 Å². The number of rotatable bonds is 4. The fourth-order valence-electron chi connectivity index (χ4n) is 0.508. The van der Waals surface area contributed by atoms with Crippen molar-refractivity contribution in [2.45, 2.75) is 13.0 Å². The minimum Gasteiger partial charge on any atom is -0.479 e. The van der Waals surface area contributed by atoms with Crippen LogP contribution in [0.1, 0.15) is 6.92 Å². The zero-order valence-corrected chi connectivity index (χ0v) is 6.46. The lowest BCUT2D eigenvalue weighted by Crippen LogP contribution is -2.36. The number of amides is 1. The minimum atomic E-state index is -1.08. The van der Waals surface area contributed by atoms with Crippen molar-refractivity contribution in [2.24, 2.45) is 0 Å². The molecule has 64 valence electrons. The number of carbonyl (C=O) groups excluding carboxylic acids is 1. The van der Waals surface area contributed by atoms with Crippen LogP contribution in [0.5, 0.6) is 0 Å². The standard InChI is InChI=1S/C6H11NO4/c1-4(8)7-3-5(11-2)6(9)10/h5H,3H2,1-2H3,(H,7,8)(H,9,10). The second kappa shape index (κ2) is 4.68. The molecule has 5 heteroatoms. The number of carboxylic acids is 1. The molecule has 0 aromatic carbocycles. The summed E-state index contributed by atoms with van der Waals surface area (Å²) in [5, 5.41) is 10.7. The summed E-state index contributed by atoms with van der Waals surface area (Å²) in [5.74, 6) is -1.35.